The second-order valence-corrected chi connectivity index (χ2v) is 9.98. The van der Waals surface area contributed by atoms with Crippen LogP contribution in [0.4, 0.5) is 0 Å². The number of nitrogens with zero attached hydrogens (tertiary/aromatic N) is 3. The van der Waals surface area contributed by atoms with Crippen LogP contribution in [0.15, 0.2) is 24.3 Å². The first-order valence-electron chi connectivity index (χ1n) is 11.3. The maximum absolute atomic E-state index is 12.6. The van der Waals surface area contributed by atoms with Crippen LogP contribution in [-0.4, -0.2) is 84.0 Å². The van der Waals surface area contributed by atoms with Gasteiger partial charge in [0.05, 0.1) is 10.0 Å². The average molecular weight is 482 g/mol. The van der Waals surface area contributed by atoms with Gasteiger partial charge in [0.15, 0.2) is 0 Å². The molecule has 0 aliphatic carbocycles. The molecule has 1 unspecified atom stereocenters. The van der Waals surface area contributed by atoms with Crippen LogP contribution in [0.1, 0.15) is 38.2 Å². The highest BCUT2D eigenvalue weighted by molar-refractivity contribution is 6.42. The quantitative estimate of drug-likeness (QED) is 0.604. The molecular formula is C24H33Cl2N3O3. The number of carbonyl (C=O) groups excluding carboxylic acids is 2. The van der Waals surface area contributed by atoms with Crippen LogP contribution in [-0.2, 0) is 9.59 Å². The number of aliphatic hydroxyl groups excluding tert-OH is 1. The maximum atomic E-state index is 12.6. The Labute approximate surface area is 200 Å². The lowest BCUT2D eigenvalue weighted by Gasteiger charge is -2.39. The van der Waals surface area contributed by atoms with E-state index >= 15 is 0 Å². The molecule has 0 saturated carbocycles. The van der Waals surface area contributed by atoms with Crippen LogP contribution in [0.25, 0.3) is 6.08 Å². The number of halogens is 2. The van der Waals surface area contributed by atoms with Crippen LogP contribution in [0.2, 0.25) is 10.0 Å². The molecule has 0 radical (unpaired) electrons. The SMILES string of the molecule is CC1(CO)CCCN(CCCN2CCN(C(=O)/C=C/c3ccc(Cl)c(Cl)c3)CCC2=O)C1. The lowest BCUT2D eigenvalue weighted by Crippen LogP contribution is -2.44. The van der Waals surface area contributed by atoms with Gasteiger partial charge in [-0.25, -0.2) is 0 Å². The monoisotopic (exact) mass is 481 g/mol. The van der Waals surface area contributed by atoms with Crippen molar-refractivity contribution in [2.45, 2.75) is 32.6 Å². The Morgan fingerprint density at radius 1 is 1.16 bits per heavy atom. The van der Waals surface area contributed by atoms with Gasteiger partial charge in [0, 0.05) is 57.2 Å². The summed E-state index contributed by atoms with van der Waals surface area (Å²) in [6, 6.07) is 5.22. The predicted molar refractivity (Wildman–Crippen MR) is 129 cm³/mol. The van der Waals surface area contributed by atoms with Gasteiger partial charge < -0.3 is 19.8 Å². The molecule has 2 aliphatic heterocycles. The fraction of sp³-hybridized carbons (Fsp3) is 0.583. The Balaban J connectivity index is 1.46. The molecule has 0 spiro atoms. The Morgan fingerprint density at radius 2 is 1.97 bits per heavy atom. The smallest absolute Gasteiger partial charge is 0.246 e. The predicted octanol–water partition coefficient (Wildman–Crippen LogP) is 3.55. The van der Waals surface area contributed by atoms with Crippen LogP contribution < -0.4 is 0 Å². The van der Waals surface area contributed by atoms with Crippen molar-refractivity contribution in [3.05, 3.63) is 39.9 Å². The molecule has 8 heteroatoms. The van der Waals surface area contributed by atoms with Crippen molar-refractivity contribution in [3.63, 3.8) is 0 Å². The van der Waals surface area contributed by atoms with Crippen LogP contribution in [0, 0.1) is 5.41 Å². The molecule has 1 aromatic rings. The second kappa shape index (κ2) is 11.5. The molecule has 0 bridgehead atoms. The third-order valence-corrected chi connectivity index (χ3v) is 7.14. The first-order valence-corrected chi connectivity index (χ1v) is 12.1. The zero-order valence-corrected chi connectivity index (χ0v) is 20.2. The molecule has 176 valence electrons. The summed E-state index contributed by atoms with van der Waals surface area (Å²) in [5.74, 6) is -0.00469. The zero-order valence-electron chi connectivity index (χ0n) is 18.7. The zero-order chi connectivity index (χ0) is 23.1. The van der Waals surface area contributed by atoms with Crippen molar-refractivity contribution in [2.75, 3.05) is 52.4 Å². The summed E-state index contributed by atoms with van der Waals surface area (Å²) in [6.07, 6.45) is 6.65. The normalized spacial score (nSPS) is 23.1. The summed E-state index contributed by atoms with van der Waals surface area (Å²) in [5, 5.41) is 10.6. The molecular weight excluding hydrogens is 449 g/mol. The maximum Gasteiger partial charge on any atom is 0.246 e. The number of aliphatic hydroxyl groups is 1. The van der Waals surface area contributed by atoms with Gasteiger partial charge in [-0.15, -0.1) is 0 Å². The van der Waals surface area contributed by atoms with E-state index in [1.807, 2.05) is 4.90 Å². The molecule has 1 atom stereocenters. The van der Waals surface area contributed by atoms with Crippen molar-refractivity contribution in [3.8, 4) is 0 Å². The largest absolute Gasteiger partial charge is 0.396 e. The van der Waals surface area contributed by atoms with E-state index in [0.29, 0.717) is 42.6 Å². The van der Waals surface area contributed by atoms with Gasteiger partial charge in [0.25, 0.3) is 0 Å². The van der Waals surface area contributed by atoms with Crippen LogP contribution >= 0.6 is 23.2 Å². The van der Waals surface area contributed by atoms with Gasteiger partial charge in [0.1, 0.15) is 0 Å². The summed E-state index contributed by atoms with van der Waals surface area (Å²) >= 11 is 12.0. The Kier molecular flexibility index (Phi) is 9.00. The first kappa shape index (κ1) is 25.0. The second-order valence-electron chi connectivity index (χ2n) is 9.16. The summed E-state index contributed by atoms with van der Waals surface area (Å²) < 4.78 is 0. The third-order valence-electron chi connectivity index (χ3n) is 6.41. The van der Waals surface area contributed by atoms with E-state index < -0.39 is 0 Å². The summed E-state index contributed by atoms with van der Waals surface area (Å²) in [7, 11) is 0. The standard InChI is InChI=1S/C24H33Cl2N3O3/c1-24(18-30)9-2-10-27(17-24)11-3-12-28-14-15-29(13-8-23(28)32)22(31)7-5-19-4-6-20(25)21(26)16-19/h4-7,16,30H,2-3,8-15,17-18H2,1H3/b7-5+. The van der Waals surface area contributed by atoms with E-state index in [2.05, 4.69) is 11.8 Å². The minimum Gasteiger partial charge on any atom is -0.396 e. The summed E-state index contributed by atoms with van der Waals surface area (Å²) in [6.45, 7) is 7.46. The molecule has 3 rings (SSSR count). The number of hydrogen-bond acceptors (Lipinski definition) is 4. The van der Waals surface area contributed by atoms with Gasteiger partial charge in [-0.05, 0) is 56.1 Å². The molecule has 1 N–H and O–H groups in total. The van der Waals surface area contributed by atoms with Crippen molar-refractivity contribution in [1.82, 2.24) is 14.7 Å². The van der Waals surface area contributed by atoms with Crippen LogP contribution in [0.3, 0.4) is 0 Å². The van der Waals surface area contributed by atoms with Crippen molar-refractivity contribution >= 4 is 41.1 Å². The van der Waals surface area contributed by atoms with E-state index in [0.717, 1.165) is 44.5 Å². The molecule has 2 aliphatic rings. The van der Waals surface area contributed by atoms with Crippen LogP contribution in [0.5, 0.6) is 0 Å². The summed E-state index contributed by atoms with van der Waals surface area (Å²) in [5.41, 5.74) is 0.790. The third kappa shape index (κ3) is 6.95. The molecule has 1 aromatic carbocycles. The van der Waals surface area contributed by atoms with Gasteiger partial charge in [-0.3, -0.25) is 9.59 Å². The Bertz CT molecular complexity index is 848. The van der Waals surface area contributed by atoms with Crippen molar-refractivity contribution in [1.29, 1.82) is 0 Å². The molecule has 2 amide bonds. The molecule has 2 heterocycles. The Hall–Kier alpha value is -1.60. The minimum atomic E-state index is -0.109. The highest BCUT2D eigenvalue weighted by Gasteiger charge is 2.30. The van der Waals surface area contributed by atoms with E-state index in [1.54, 1.807) is 29.2 Å². The number of carbonyl (C=O) groups is 2. The lowest BCUT2D eigenvalue weighted by molar-refractivity contribution is -0.130. The lowest BCUT2D eigenvalue weighted by atomic mass is 9.83. The average Bonchev–Trinajstić information content (AvgIpc) is 2.96. The van der Waals surface area contributed by atoms with Crippen molar-refractivity contribution in [2.24, 2.45) is 5.41 Å². The topological polar surface area (TPSA) is 64.1 Å². The molecule has 0 aromatic heterocycles. The van der Waals surface area contributed by atoms with Gasteiger partial charge in [-0.2, -0.15) is 0 Å². The van der Waals surface area contributed by atoms with E-state index in [4.69, 9.17) is 23.2 Å². The highest BCUT2D eigenvalue weighted by atomic mass is 35.5. The van der Waals surface area contributed by atoms with Gasteiger partial charge >= 0.3 is 0 Å². The first-order chi connectivity index (χ1) is 15.3. The number of piperidine rings is 1. The number of benzene rings is 1. The Morgan fingerprint density at radius 3 is 2.72 bits per heavy atom. The van der Waals surface area contributed by atoms with Crippen molar-refractivity contribution < 1.29 is 14.7 Å². The fourth-order valence-electron chi connectivity index (χ4n) is 4.44. The molecule has 6 nitrogen and oxygen atoms in total. The number of likely N-dealkylation sites (tertiary alicyclic amines) is 1. The van der Waals surface area contributed by atoms with Gasteiger partial charge in [0.2, 0.25) is 11.8 Å². The van der Waals surface area contributed by atoms with Gasteiger partial charge in [-0.1, -0.05) is 36.2 Å². The fourth-order valence-corrected chi connectivity index (χ4v) is 4.75. The highest BCUT2D eigenvalue weighted by Crippen LogP contribution is 2.28. The number of amides is 2. The summed E-state index contributed by atoms with van der Waals surface area (Å²) in [4.78, 5) is 31.2. The van der Waals surface area contributed by atoms with E-state index in [9.17, 15) is 14.7 Å². The minimum absolute atomic E-state index is 0.0115. The van der Waals surface area contributed by atoms with E-state index in [1.165, 1.54) is 6.08 Å². The molecule has 32 heavy (non-hydrogen) atoms. The van der Waals surface area contributed by atoms with E-state index in [-0.39, 0.29) is 23.8 Å². The molecule has 2 fully saturated rings. The number of hydrogen-bond donors (Lipinski definition) is 1. The molecule has 2 saturated heterocycles. The number of rotatable bonds is 7.